The zero-order chi connectivity index (χ0) is 17.5. The van der Waals surface area contributed by atoms with E-state index in [0.29, 0.717) is 41.8 Å². The summed E-state index contributed by atoms with van der Waals surface area (Å²) in [4.78, 5) is 18.0. The zero-order valence-corrected chi connectivity index (χ0v) is 14.6. The van der Waals surface area contributed by atoms with Crippen LogP contribution in [0.5, 0.6) is 0 Å². The predicted molar refractivity (Wildman–Crippen MR) is 96.4 cm³/mol. The second kappa shape index (κ2) is 8.55. The van der Waals surface area contributed by atoms with Crippen molar-refractivity contribution in [3.8, 4) is 0 Å². The third-order valence-corrected chi connectivity index (χ3v) is 3.34. The van der Waals surface area contributed by atoms with Crippen molar-refractivity contribution in [2.24, 2.45) is 0 Å². The molecule has 0 fully saturated rings. The number of rotatable bonds is 9. The van der Waals surface area contributed by atoms with Crippen molar-refractivity contribution in [2.45, 2.75) is 32.9 Å². The topological polar surface area (TPSA) is 120 Å². The van der Waals surface area contributed by atoms with Crippen LogP contribution in [0.3, 0.4) is 0 Å². The van der Waals surface area contributed by atoms with Gasteiger partial charge in [-0.25, -0.2) is 15.0 Å². The van der Waals surface area contributed by atoms with Gasteiger partial charge in [0.15, 0.2) is 5.82 Å². The summed E-state index contributed by atoms with van der Waals surface area (Å²) in [5.41, 5.74) is 2.11. The molecule has 132 valence electrons. The van der Waals surface area contributed by atoms with Gasteiger partial charge in [0.1, 0.15) is 11.0 Å². The summed E-state index contributed by atoms with van der Waals surface area (Å²) in [5, 5.41) is 21.8. The largest absolute Gasteiger partial charge is 0.392 e. The summed E-state index contributed by atoms with van der Waals surface area (Å²) in [5.74, 6) is 1.71. The van der Waals surface area contributed by atoms with Crippen LogP contribution in [0.2, 0.25) is 0 Å². The lowest BCUT2D eigenvalue weighted by atomic mass is 10.2. The highest BCUT2D eigenvalue weighted by Gasteiger charge is 2.15. The van der Waals surface area contributed by atoms with Crippen LogP contribution in [-0.4, -0.2) is 58.3 Å². The first-order valence-corrected chi connectivity index (χ1v) is 8.15. The number of aliphatic hydroxyl groups is 1. The van der Waals surface area contributed by atoms with Gasteiger partial charge in [0.25, 0.3) is 0 Å². The van der Waals surface area contributed by atoms with Crippen LogP contribution in [0.15, 0.2) is 0 Å². The van der Waals surface area contributed by atoms with Crippen LogP contribution in [0.25, 0.3) is 11.0 Å². The summed E-state index contributed by atoms with van der Waals surface area (Å²) in [6.07, 6.45) is 0.554. The molecule has 1 atom stereocenters. The van der Waals surface area contributed by atoms with Gasteiger partial charge in [0.2, 0.25) is 11.9 Å². The molecule has 1 unspecified atom stereocenters. The van der Waals surface area contributed by atoms with E-state index in [1.807, 2.05) is 0 Å². The predicted octanol–water partition coefficient (Wildman–Crippen LogP) is 0.795. The molecule has 0 aromatic carbocycles. The smallest absolute Gasteiger partial charge is 0.225 e. The maximum absolute atomic E-state index is 9.41. The number of anilines is 3. The van der Waals surface area contributed by atoms with Crippen molar-refractivity contribution in [2.75, 3.05) is 43.1 Å². The Morgan fingerprint density at radius 3 is 2.29 bits per heavy atom. The second-order valence-corrected chi connectivity index (χ2v) is 5.49. The van der Waals surface area contributed by atoms with Gasteiger partial charge in [-0.1, -0.05) is 6.92 Å². The summed E-state index contributed by atoms with van der Waals surface area (Å²) >= 11 is 0. The van der Waals surface area contributed by atoms with Gasteiger partial charge in [-0.05, 0) is 13.3 Å². The van der Waals surface area contributed by atoms with Gasteiger partial charge < -0.3 is 26.4 Å². The monoisotopic (exact) mass is 334 g/mol. The van der Waals surface area contributed by atoms with Crippen LogP contribution >= 0.6 is 0 Å². The third kappa shape index (κ3) is 4.39. The molecular formula is C15H26N8O. The van der Waals surface area contributed by atoms with Gasteiger partial charge in [-0.3, -0.25) is 0 Å². The highest BCUT2D eigenvalue weighted by molar-refractivity contribution is 5.88. The SMILES string of the molecule is CCCNc1nc(NC)nc2c(CNCC(C)O)nc(NC)nc12. The quantitative estimate of drug-likeness (QED) is 0.453. The molecule has 0 saturated carbocycles. The number of fused-ring (bicyclic) bond motifs is 1. The number of aliphatic hydroxyl groups excluding tert-OH is 1. The van der Waals surface area contributed by atoms with Gasteiger partial charge in [0, 0.05) is 33.7 Å². The Morgan fingerprint density at radius 1 is 1.00 bits per heavy atom. The van der Waals surface area contributed by atoms with Crippen LogP contribution < -0.4 is 21.3 Å². The molecule has 2 heterocycles. The molecule has 0 bridgehead atoms. The van der Waals surface area contributed by atoms with Gasteiger partial charge in [-0.15, -0.1) is 0 Å². The van der Waals surface area contributed by atoms with Gasteiger partial charge in [0.05, 0.1) is 11.8 Å². The van der Waals surface area contributed by atoms with Crippen LogP contribution in [-0.2, 0) is 6.54 Å². The van der Waals surface area contributed by atoms with E-state index >= 15 is 0 Å². The van der Waals surface area contributed by atoms with Crippen molar-refractivity contribution in [3.05, 3.63) is 5.69 Å². The average Bonchev–Trinajstić information content (AvgIpc) is 2.58. The number of nitrogens with one attached hydrogen (secondary N) is 4. The molecule has 2 rings (SSSR count). The van der Waals surface area contributed by atoms with Gasteiger partial charge >= 0.3 is 0 Å². The van der Waals surface area contributed by atoms with Crippen molar-refractivity contribution in [3.63, 3.8) is 0 Å². The Kier molecular flexibility index (Phi) is 6.44. The van der Waals surface area contributed by atoms with E-state index in [1.54, 1.807) is 21.0 Å². The van der Waals surface area contributed by atoms with Crippen LogP contribution in [0.1, 0.15) is 26.0 Å². The summed E-state index contributed by atoms with van der Waals surface area (Å²) in [6, 6.07) is 0. The Bertz CT molecular complexity index is 676. The van der Waals surface area contributed by atoms with E-state index in [2.05, 4.69) is 48.1 Å². The number of hydrogen-bond acceptors (Lipinski definition) is 9. The zero-order valence-electron chi connectivity index (χ0n) is 14.6. The first kappa shape index (κ1) is 18.1. The average molecular weight is 334 g/mol. The minimum absolute atomic E-state index is 0.425. The lowest BCUT2D eigenvalue weighted by molar-refractivity contribution is 0.191. The van der Waals surface area contributed by atoms with Crippen molar-refractivity contribution in [1.82, 2.24) is 25.3 Å². The molecule has 9 heteroatoms. The molecule has 9 nitrogen and oxygen atoms in total. The van der Waals surface area contributed by atoms with Crippen LogP contribution in [0, 0.1) is 0 Å². The maximum Gasteiger partial charge on any atom is 0.225 e. The van der Waals surface area contributed by atoms with E-state index in [9.17, 15) is 5.11 Å². The molecule has 5 N–H and O–H groups in total. The second-order valence-electron chi connectivity index (χ2n) is 5.49. The van der Waals surface area contributed by atoms with E-state index in [1.165, 1.54) is 0 Å². The molecule has 0 aliphatic rings. The summed E-state index contributed by atoms with van der Waals surface area (Å²) < 4.78 is 0. The minimum Gasteiger partial charge on any atom is -0.392 e. The fourth-order valence-electron chi connectivity index (χ4n) is 2.19. The van der Waals surface area contributed by atoms with E-state index in [4.69, 9.17) is 0 Å². The Morgan fingerprint density at radius 2 is 1.67 bits per heavy atom. The number of hydrogen-bond donors (Lipinski definition) is 5. The molecule has 0 amide bonds. The van der Waals surface area contributed by atoms with Crippen molar-refractivity contribution in [1.29, 1.82) is 0 Å². The minimum atomic E-state index is -0.425. The lowest BCUT2D eigenvalue weighted by Gasteiger charge is -2.13. The molecule has 0 aliphatic heterocycles. The lowest BCUT2D eigenvalue weighted by Crippen LogP contribution is -2.25. The Labute approximate surface area is 141 Å². The summed E-state index contributed by atoms with van der Waals surface area (Å²) in [7, 11) is 3.55. The highest BCUT2D eigenvalue weighted by atomic mass is 16.3. The van der Waals surface area contributed by atoms with E-state index in [0.717, 1.165) is 18.7 Å². The molecule has 0 saturated heterocycles. The van der Waals surface area contributed by atoms with E-state index in [-0.39, 0.29) is 0 Å². The molecule has 0 spiro atoms. The molecule has 2 aromatic heterocycles. The molecule has 0 radical (unpaired) electrons. The Hall–Kier alpha value is -2.26. The van der Waals surface area contributed by atoms with Crippen LogP contribution in [0.4, 0.5) is 17.7 Å². The molecule has 0 aliphatic carbocycles. The highest BCUT2D eigenvalue weighted by Crippen LogP contribution is 2.23. The fraction of sp³-hybridized carbons (Fsp3) is 0.600. The van der Waals surface area contributed by atoms with Crippen molar-refractivity contribution < 1.29 is 5.11 Å². The fourth-order valence-corrected chi connectivity index (χ4v) is 2.19. The Balaban J connectivity index is 2.49. The maximum atomic E-state index is 9.41. The normalized spacial score (nSPS) is 12.2. The first-order valence-electron chi connectivity index (χ1n) is 8.15. The standard InChI is InChI=1S/C15H26N8O/c1-5-6-19-13-12-11(21-15(17-4)23-13)10(8-18-7-9(2)24)20-14(16-3)22-12/h9,18,24H,5-8H2,1-4H3,(H,16,20,22)(H2,17,19,21,23). The van der Waals surface area contributed by atoms with Crippen molar-refractivity contribution >= 4 is 28.7 Å². The van der Waals surface area contributed by atoms with E-state index < -0.39 is 6.10 Å². The third-order valence-electron chi connectivity index (χ3n) is 3.34. The molecule has 2 aromatic rings. The molecular weight excluding hydrogens is 308 g/mol. The molecule has 24 heavy (non-hydrogen) atoms. The first-order chi connectivity index (χ1) is 11.6. The summed E-state index contributed by atoms with van der Waals surface area (Å²) in [6.45, 7) is 5.58. The number of aromatic nitrogens is 4. The number of nitrogens with zero attached hydrogens (tertiary/aromatic N) is 4. The van der Waals surface area contributed by atoms with Gasteiger partial charge in [-0.2, -0.15) is 4.98 Å².